The Balaban J connectivity index is 0.000000312. The SMILES string of the molecule is CCCCO.OCCCc1ccccc1.c1ccccc1. The van der Waals surface area contributed by atoms with Gasteiger partial charge >= 0.3 is 0 Å². The molecule has 0 aliphatic rings. The second-order valence-electron chi connectivity index (χ2n) is 4.54. The maximum atomic E-state index is 8.53. The highest BCUT2D eigenvalue weighted by Gasteiger charge is 1.88. The highest BCUT2D eigenvalue weighted by Crippen LogP contribution is 2.00. The molecule has 2 aromatic rings. The summed E-state index contributed by atoms with van der Waals surface area (Å²) in [6.45, 7) is 2.68. The van der Waals surface area contributed by atoms with Crippen molar-refractivity contribution in [3.63, 3.8) is 0 Å². The van der Waals surface area contributed by atoms with Crippen molar-refractivity contribution in [3.8, 4) is 0 Å². The predicted octanol–water partition coefficient (Wildman–Crippen LogP) is 4.08. The first-order valence-electron chi connectivity index (χ1n) is 7.60. The lowest BCUT2D eigenvalue weighted by Gasteiger charge is -1.96. The van der Waals surface area contributed by atoms with Crippen LogP contribution in [0.1, 0.15) is 31.7 Å². The van der Waals surface area contributed by atoms with Crippen LogP contribution in [0.2, 0.25) is 0 Å². The topological polar surface area (TPSA) is 40.5 Å². The van der Waals surface area contributed by atoms with Gasteiger partial charge in [-0.3, -0.25) is 0 Å². The Bertz CT molecular complexity index is 358. The lowest BCUT2D eigenvalue weighted by molar-refractivity contribution is 0.287. The van der Waals surface area contributed by atoms with Crippen LogP contribution in [0, 0.1) is 0 Å². The van der Waals surface area contributed by atoms with Gasteiger partial charge in [0.05, 0.1) is 0 Å². The van der Waals surface area contributed by atoms with E-state index in [9.17, 15) is 0 Å². The molecular weight excluding hydrogens is 260 g/mol. The number of benzene rings is 2. The van der Waals surface area contributed by atoms with Crippen LogP contribution >= 0.6 is 0 Å². The normalized spacial score (nSPS) is 8.90. The van der Waals surface area contributed by atoms with Gasteiger partial charge in [0.2, 0.25) is 0 Å². The van der Waals surface area contributed by atoms with Gasteiger partial charge in [-0.05, 0) is 24.8 Å². The Kier molecular flexibility index (Phi) is 15.1. The summed E-state index contributed by atoms with van der Waals surface area (Å²) in [5, 5.41) is 16.6. The van der Waals surface area contributed by atoms with Crippen molar-refractivity contribution in [1.82, 2.24) is 0 Å². The average Bonchev–Trinajstić information content (AvgIpc) is 2.57. The Morgan fingerprint density at radius 2 is 1.10 bits per heavy atom. The predicted molar refractivity (Wildman–Crippen MR) is 90.3 cm³/mol. The van der Waals surface area contributed by atoms with Crippen LogP contribution in [-0.2, 0) is 6.42 Å². The third kappa shape index (κ3) is 14.6. The van der Waals surface area contributed by atoms with Crippen LogP contribution in [0.3, 0.4) is 0 Å². The maximum absolute atomic E-state index is 8.53. The van der Waals surface area contributed by atoms with Gasteiger partial charge in [0.25, 0.3) is 0 Å². The number of rotatable bonds is 5. The first kappa shape index (κ1) is 19.4. The largest absolute Gasteiger partial charge is 0.396 e. The van der Waals surface area contributed by atoms with E-state index in [1.165, 1.54) is 5.56 Å². The molecule has 2 N–H and O–H groups in total. The molecule has 0 unspecified atom stereocenters. The Labute approximate surface area is 129 Å². The molecule has 2 nitrogen and oxygen atoms in total. The molecule has 0 heterocycles. The van der Waals surface area contributed by atoms with Crippen LogP contribution in [0.15, 0.2) is 66.7 Å². The molecule has 2 rings (SSSR count). The Hall–Kier alpha value is -1.64. The van der Waals surface area contributed by atoms with E-state index in [0.717, 1.165) is 25.7 Å². The molecule has 0 atom stereocenters. The van der Waals surface area contributed by atoms with E-state index in [1.807, 2.05) is 54.6 Å². The number of aliphatic hydroxyl groups excluding tert-OH is 2. The zero-order chi connectivity index (χ0) is 15.6. The second-order valence-corrected chi connectivity index (χ2v) is 4.54. The standard InChI is InChI=1S/C9H12O.C6H6.C4H10O/c10-8-4-7-9-5-2-1-3-6-9;1-2-4-6-5-3-1;1-2-3-4-5/h1-3,5-6,10H,4,7-8H2;1-6H;5H,2-4H2,1H3. The average molecular weight is 288 g/mol. The third-order valence-corrected chi connectivity index (χ3v) is 2.64. The van der Waals surface area contributed by atoms with Crippen molar-refractivity contribution in [3.05, 3.63) is 72.3 Å². The minimum absolute atomic E-state index is 0.287. The van der Waals surface area contributed by atoms with Crippen LogP contribution in [0.4, 0.5) is 0 Å². The highest BCUT2D eigenvalue weighted by atomic mass is 16.3. The summed E-state index contributed by atoms with van der Waals surface area (Å²) in [7, 11) is 0. The third-order valence-electron chi connectivity index (χ3n) is 2.64. The molecule has 0 saturated carbocycles. The molecule has 0 aliphatic carbocycles. The van der Waals surface area contributed by atoms with Gasteiger partial charge in [0, 0.05) is 13.2 Å². The van der Waals surface area contributed by atoms with Gasteiger partial charge in [0.1, 0.15) is 0 Å². The van der Waals surface area contributed by atoms with Crippen molar-refractivity contribution < 1.29 is 10.2 Å². The van der Waals surface area contributed by atoms with E-state index in [1.54, 1.807) is 0 Å². The first-order chi connectivity index (χ1) is 10.3. The molecular formula is C19H28O2. The van der Waals surface area contributed by atoms with E-state index < -0.39 is 0 Å². The van der Waals surface area contributed by atoms with Crippen molar-refractivity contribution in [2.24, 2.45) is 0 Å². The maximum Gasteiger partial charge on any atom is 0.0434 e. The zero-order valence-corrected chi connectivity index (χ0v) is 13.0. The first-order valence-corrected chi connectivity index (χ1v) is 7.60. The summed E-state index contributed by atoms with van der Waals surface area (Å²) in [5.41, 5.74) is 1.30. The summed E-state index contributed by atoms with van der Waals surface area (Å²) in [6, 6.07) is 22.2. The van der Waals surface area contributed by atoms with Gasteiger partial charge in [-0.15, -0.1) is 0 Å². The van der Waals surface area contributed by atoms with Gasteiger partial charge in [-0.25, -0.2) is 0 Å². The summed E-state index contributed by atoms with van der Waals surface area (Å²) >= 11 is 0. The summed E-state index contributed by atoms with van der Waals surface area (Å²) in [4.78, 5) is 0. The molecule has 0 amide bonds. The number of hydrogen-bond donors (Lipinski definition) is 2. The lowest BCUT2D eigenvalue weighted by Crippen LogP contribution is -1.87. The minimum atomic E-state index is 0.287. The van der Waals surface area contributed by atoms with E-state index in [2.05, 4.69) is 19.1 Å². The van der Waals surface area contributed by atoms with Gasteiger partial charge in [0.15, 0.2) is 0 Å². The fourth-order valence-electron chi connectivity index (χ4n) is 1.47. The minimum Gasteiger partial charge on any atom is -0.396 e. The fraction of sp³-hybridized carbons (Fsp3) is 0.368. The molecule has 0 aromatic heterocycles. The molecule has 0 saturated heterocycles. The molecule has 0 radical (unpaired) electrons. The Morgan fingerprint density at radius 1 is 0.667 bits per heavy atom. The molecule has 0 aliphatic heterocycles. The summed E-state index contributed by atoms with van der Waals surface area (Å²) in [6.07, 6.45) is 3.89. The molecule has 2 heteroatoms. The lowest BCUT2D eigenvalue weighted by atomic mass is 10.1. The fourth-order valence-corrected chi connectivity index (χ4v) is 1.47. The number of aryl methyl sites for hydroxylation is 1. The molecule has 21 heavy (non-hydrogen) atoms. The number of unbranched alkanes of at least 4 members (excludes halogenated alkanes) is 1. The smallest absolute Gasteiger partial charge is 0.0434 e. The van der Waals surface area contributed by atoms with Gasteiger partial charge < -0.3 is 10.2 Å². The Morgan fingerprint density at radius 3 is 1.43 bits per heavy atom. The van der Waals surface area contributed by atoms with Crippen molar-refractivity contribution >= 4 is 0 Å². The van der Waals surface area contributed by atoms with Crippen LogP contribution in [0.25, 0.3) is 0 Å². The van der Waals surface area contributed by atoms with E-state index >= 15 is 0 Å². The number of hydrogen-bond acceptors (Lipinski definition) is 2. The summed E-state index contributed by atoms with van der Waals surface area (Å²) in [5.74, 6) is 0. The molecule has 116 valence electrons. The molecule has 0 fully saturated rings. The van der Waals surface area contributed by atoms with Crippen LogP contribution in [-0.4, -0.2) is 23.4 Å². The van der Waals surface area contributed by atoms with Crippen molar-refractivity contribution in [2.45, 2.75) is 32.6 Å². The van der Waals surface area contributed by atoms with E-state index in [4.69, 9.17) is 10.2 Å². The monoisotopic (exact) mass is 288 g/mol. The van der Waals surface area contributed by atoms with Crippen molar-refractivity contribution in [2.75, 3.05) is 13.2 Å². The zero-order valence-electron chi connectivity index (χ0n) is 13.0. The highest BCUT2D eigenvalue weighted by molar-refractivity contribution is 5.14. The van der Waals surface area contributed by atoms with Crippen molar-refractivity contribution in [1.29, 1.82) is 0 Å². The molecule has 2 aromatic carbocycles. The van der Waals surface area contributed by atoms with Crippen LogP contribution < -0.4 is 0 Å². The van der Waals surface area contributed by atoms with Crippen LogP contribution in [0.5, 0.6) is 0 Å². The summed E-state index contributed by atoms with van der Waals surface area (Å²) < 4.78 is 0. The second kappa shape index (κ2) is 16.4. The van der Waals surface area contributed by atoms with E-state index in [0.29, 0.717) is 6.61 Å². The molecule has 0 spiro atoms. The molecule has 0 bridgehead atoms. The van der Waals surface area contributed by atoms with E-state index in [-0.39, 0.29) is 6.61 Å². The number of aliphatic hydroxyl groups is 2. The van der Waals surface area contributed by atoms with Gasteiger partial charge in [-0.1, -0.05) is 80.1 Å². The quantitative estimate of drug-likeness (QED) is 0.870. The van der Waals surface area contributed by atoms with Gasteiger partial charge in [-0.2, -0.15) is 0 Å².